The van der Waals surface area contributed by atoms with Crippen molar-refractivity contribution in [2.45, 2.75) is 13.0 Å². The third kappa shape index (κ3) is 2.88. The normalized spacial score (nSPS) is 12.1. The van der Waals surface area contributed by atoms with Gasteiger partial charge in [-0.05, 0) is 24.6 Å². The fourth-order valence-electron chi connectivity index (χ4n) is 1.59. The molecule has 0 aliphatic carbocycles. The van der Waals surface area contributed by atoms with Gasteiger partial charge in [0, 0.05) is 0 Å². The summed E-state index contributed by atoms with van der Waals surface area (Å²) in [5.41, 5.74) is 7.60. The first-order valence-corrected chi connectivity index (χ1v) is 5.78. The second-order valence-electron chi connectivity index (χ2n) is 3.85. The number of anilines is 2. The van der Waals surface area contributed by atoms with E-state index in [0.717, 1.165) is 0 Å². The molecule has 88 valence electrons. The molecule has 0 saturated carbocycles. The van der Waals surface area contributed by atoms with Gasteiger partial charge in [0.05, 0.1) is 11.7 Å². The van der Waals surface area contributed by atoms with Crippen LogP contribution in [0.3, 0.4) is 0 Å². The van der Waals surface area contributed by atoms with E-state index in [1.54, 1.807) is 12.1 Å². The Morgan fingerprint density at radius 3 is 2.59 bits per heavy atom. The molecule has 1 aromatic heterocycles. The number of hydrogen-bond acceptors (Lipinski definition) is 3. The number of nitrogen functional groups attached to an aromatic ring is 1. The van der Waals surface area contributed by atoms with E-state index < -0.39 is 0 Å². The molecule has 1 atom stereocenters. The Morgan fingerprint density at radius 1 is 1.18 bits per heavy atom. The zero-order valence-electron chi connectivity index (χ0n) is 9.52. The molecule has 0 saturated heterocycles. The van der Waals surface area contributed by atoms with E-state index in [1.807, 2.05) is 18.2 Å². The van der Waals surface area contributed by atoms with Crippen LogP contribution in [0.5, 0.6) is 0 Å². The van der Waals surface area contributed by atoms with Crippen LogP contribution in [-0.4, -0.2) is 4.98 Å². The molecule has 2 aromatic rings. The SMILES string of the molecule is CC(Nc1nc(Cl)ccc1N)c1ccccc1. The summed E-state index contributed by atoms with van der Waals surface area (Å²) in [6.45, 7) is 2.05. The summed E-state index contributed by atoms with van der Waals surface area (Å²) in [7, 11) is 0. The summed E-state index contributed by atoms with van der Waals surface area (Å²) in [6.07, 6.45) is 0. The first-order chi connectivity index (χ1) is 8.16. The zero-order chi connectivity index (χ0) is 12.3. The van der Waals surface area contributed by atoms with Crippen molar-refractivity contribution in [1.29, 1.82) is 0 Å². The van der Waals surface area contributed by atoms with Crippen molar-refractivity contribution in [3.63, 3.8) is 0 Å². The van der Waals surface area contributed by atoms with Gasteiger partial charge in [-0.15, -0.1) is 0 Å². The molecule has 1 unspecified atom stereocenters. The van der Waals surface area contributed by atoms with Gasteiger partial charge in [-0.2, -0.15) is 0 Å². The molecule has 0 radical (unpaired) electrons. The molecule has 17 heavy (non-hydrogen) atoms. The van der Waals surface area contributed by atoms with Crippen molar-refractivity contribution in [3.8, 4) is 0 Å². The number of nitrogens with one attached hydrogen (secondary N) is 1. The second kappa shape index (κ2) is 5.06. The zero-order valence-corrected chi connectivity index (χ0v) is 10.3. The largest absolute Gasteiger partial charge is 0.396 e. The third-order valence-electron chi connectivity index (χ3n) is 2.55. The number of nitrogens with zero attached hydrogens (tertiary/aromatic N) is 1. The van der Waals surface area contributed by atoms with Crippen LogP contribution in [0.15, 0.2) is 42.5 Å². The summed E-state index contributed by atoms with van der Waals surface area (Å²) in [5.74, 6) is 0.619. The molecule has 0 aliphatic heterocycles. The van der Waals surface area contributed by atoms with Crippen LogP contribution in [0.2, 0.25) is 5.15 Å². The van der Waals surface area contributed by atoms with Crippen LogP contribution in [0.4, 0.5) is 11.5 Å². The molecule has 1 aromatic carbocycles. The standard InChI is InChI=1S/C13H14ClN3/c1-9(10-5-3-2-4-6-10)16-13-11(15)7-8-12(14)17-13/h2-9H,15H2,1H3,(H,16,17). The minimum Gasteiger partial charge on any atom is -0.396 e. The van der Waals surface area contributed by atoms with Crippen molar-refractivity contribution in [3.05, 3.63) is 53.2 Å². The maximum atomic E-state index is 5.84. The van der Waals surface area contributed by atoms with E-state index >= 15 is 0 Å². The van der Waals surface area contributed by atoms with Crippen LogP contribution in [0, 0.1) is 0 Å². The molecule has 2 rings (SSSR count). The molecule has 0 fully saturated rings. The summed E-state index contributed by atoms with van der Waals surface area (Å²) >= 11 is 5.84. The number of halogens is 1. The van der Waals surface area contributed by atoms with E-state index in [2.05, 4.69) is 29.4 Å². The molecule has 0 bridgehead atoms. The average molecular weight is 248 g/mol. The predicted molar refractivity (Wildman–Crippen MR) is 72.1 cm³/mol. The first-order valence-electron chi connectivity index (χ1n) is 5.40. The van der Waals surface area contributed by atoms with E-state index in [-0.39, 0.29) is 6.04 Å². The highest BCUT2D eigenvalue weighted by atomic mass is 35.5. The molecular weight excluding hydrogens is 234 g/mol. The fourth-order valence-corrected chi connectivity index (χ4v) is 1.74. The van der Waals surface area contributed by atoms with Crippen molar-refractivity contribution in [2.24, 2.45) is 0 Å². The topological polar surface area (TPSA) is 50.9 Å². The number of nitrogens with two attached hydrogens (primary N) is 1. The van der Waals surface area contributed by atoms with Crippen LogP contribution >= 0.6 is 11.6 Å². The van der Waals surface area contributed by atoms with Crippen LogP contribution < -0.4 is 11.1 Å². The van der Waals surface area contributed by atoms with Gasteiger partial charge < -0.3 is 11.1 Å². The first kappa shape index (κ1) is 11.7. The Morgan fingerprint density at radius 2 is 1.88 bits per heavy atom. The molecular formula is C13H14ClN3. The summed E-state index contributed by atoms with van der Waals surface area (Å²) < 4.78 is 0. The highest BCUT2D eigenvalue weighted by Crippen LogP contribution is 2.23. The van der Waals surface area contributed by atoms with Crippen LogP contribution in [0.25, 0.3) is 0 Å². The van der Waals surface area contributed by atoms with Crippen LogP contribution in [-0.2, 0) is 0 Å². The lowest BCUT2D eigenvalue weighted by atomic mass is 10.1. The van der Waals surface area contributed by atoms with Crippen molar-refractivity contribution in [1.82, 2.24) is 4.98 Å². The van der Waals surface area contributed by atoms with Gasteiger partial charge in [-0.1, -0.05) is 41.9 Å². The Hall–Kier alpha value is -1.74. The maximum Gasteiger partial charge on any atom is 0.151 e. The second-order valence-corrected chi connectivity index (χ2v) is 4.24. The van der Waals surface area contributed by atoms with E-state index in [0.29, 0.717) is 16.7 Å². The van der Waals surface area contributed by atoms with E-state index in [4.69, 9.17) is 17.3 Å². The fraction of sp³-hybridized carbons (Fsp3) is 0.154. The van der Waals surface area contributed by atoms with Gasteiger partial charge in [-0.25, -0.2) is 4.98 Å². The van der Waals surface area contributed by atoms with Crippen molar-refractivity contribution >= 4 is 23.1 Å². The molecule has 0 amide bonds. The summed E-state index contributed by atoms with van der Waals surface area (Å²) in [4.78, 5) is 4.17. The molecule has 0 aliphatic rings. The summed E-state index contributed by atoms with van der Waals surface area (Å²) in [5, 5.41) is 3.68. The highest BCUT2D eigenvalue weighted by molar-refractivity contribution is 6.29. The number of aromatic nitrogens is 1. The Balaban J connectivity index is 2.18. The van der Waals surface area contributed by atoms with E-state index in [9.17, 15) is 0 Å². The van der Waals surface area contributed by atoms with Crippen LogP contribution in [0.1, 0.15) is 18.5 Å². The minimum atomic E-state index is 0.129. The Labute approximate surface area is 106 Å². The van der Waals surface area contributed by atoms with E-state index in [1.165, 1.54) is 5.56 Å². The number of rotatable bonds is 3. The van der Waals surface area contributed by atoms with Gasteiger partial charge in [0.1, 0.15) is 5.15 Å². The quantitative estimate of drug-likeness (QED) is 0.817. The van der Waals surface area contributed by atoms with Gasteiger partial charge in [-0.3, -0.25) is 0 Å². The Kier molecular flexibility index (Phi) is 3.49. The monoisotopic (exact) mass is 247 g/mol. The number of benzene rings is 1. The lowest BCUT2D eigenvalue weighted by molar-refractivity contribution is 0.876. The maximum absolute atomic E-state index is 5.84. The van der Waals surface area contributed by atoms with Gasteiger partial charge in [0.2, 0.25) is 0 Å². The smallest absolute Gasteiger partial charge is 0.151 e. The molecule has 3 N–H and O–H groups in total. The van der Waals surface area contributed by atoms with Gasteiger partial charge in [0.15, 0.2) is 5.82 Å². The molecule has 3 nitrogen and oxygen atoms in total. The third-order valence-corrected chi connectivity index (χ3v) is 2.76. The van der Waals surface area contributed by atoms with Crippen molar-refractivity contribution in [2.75, 3.05) is 11.1 Å². The van der Waals surface area contributed by atoms with Gasteiger partial charge >= 0.3 is 0 Å². The average Bonchev–Trinajstić information content (AvgIpc) is 2.35. The number of hydrogen-bond donors (Lipinski definition) is 2. The lowest BCUT2D eigenvalue weighted by Crippen LogP contribution is -2.09. The predicted octanol–water partition coefficient (Wildman–Crippen LogP) is 3.49. The van der Waals surface area contributed by atoms with Crippen molar-refractivity contribution < 1.29 is 0 Å². The molecule has 0 spiro atoms. The number of pyridine rings is 1. The lowest BCUT2D eigenvalue weighted by Gasteiger charge is -2.16. The molecule has 4 heteroatoms. The van der Waals surface area contributed by atoms with Gasteiger partial charge in [0.25, 0.3) is 0 Å². The Bertz CT molecular complexity index is 499. The molecule has 1 heterocycles. The minimum absolute atomic E-state index is 0.129. The summed E-state index contributed by atoms with van der Waals surface area (Å²) in [6, 6.07) is 13.7. The highest BCUT2D eigenvalue weighted by Gasteiger charge is 2.08.